The van der Waals surface area contributed by atoms with Crippen molar-refractivity contribution in [3.8, 4) is 5.75 Å². The molecule has 0 spiro atoms. The number of methoxy groups -OCH3 is 1. The van der Waals surface area contributed by atoms with Crippen molar-refractivity contribution in [2.75, 3.05) is 7.11 Å². The van der Waals surface area contributed by atoms with Gasteiger partial charge in [-0.25, -0.2) is 0 Å². The molecule has 3 rings (SSSR count). The Labute approximate surface area is 149 Å². The van der Waals surface area contributed by atoms with Crippen LogP contribution in [0.1, 0.15) is 55.3 Å². The summed E-state index contributed by atoms with van der Waals surface area (Å²) >= 11 is 0. The van der Waals surface area contributed by atoms with E-state index in [1.54, 1.807) is 31.4 Å². The number of fused-ring (bicyclic) bond motifs is 2. The van der Waals surface area contributed by atoms with E-state index >= 15 is 0 Å². The van der Waals surface area contributed by atoms with Crippen molar-refractivity contribution in [2.45, 2.75) is 57.0 Å². The number of ether oxygens (including phenoxy) is 1. The van der Waals surface area contributed by atoms with Gasteiger partial charge in [0.1, 0.15) is 5.75 Å². The second-order valence-corrected chi connectivity index (χ2v) is 7.43. The van der Waals surface area contributed by atoms with Crippen molar-refractivity contribution in [3.05, 3.63) is 29.8 Å². The number of carbonyl (C=O) groups excluding carboxylic acids is 2. The lowest BCUT2D eigenvalue weighted by Crippen LogP contribution is -2.53. The number of ketones is 1. The highest BCUT2D eigenvalue weighted by Crippen LogP contribution is 2.39. The number of hydrogen-bond acceptors (Lipinski definition) is 4. The minimum Gasteiger partial charge on any atom is -0.497 e. The Hall–Kier alpha value is -1.88. The Kier molecular flexibility index (Phi) is 5.74. The number of Topliss-reactive ketones (excluding diaryl/α,β-unsaturated/α-hetero) is 1. The summed E-state index contributed by atoms with van der Waals surface area (Å²) in [6.07, 6.45) is 6.04. The molecule has 2 saturated carbocycles. The zero-order chi connectivity index (χ0) is 17.8. The van der Waals surface area contributed by atoms with Gasteiger partial charge in [0, 0.05) is 30.5 Å². The molecule has 0 radical (unpaired) electrons. The number of nitrogens with one attached hydrogen (secondary N) is 1. The average molecular weight is 344 g/mol. The molecule has 0 aromatic heterocycles. The van der Waals surface area contributed by atoms with E-state index in [9.17, 15) is 9.59 Å². The van der Waals surface area contributed by atoms with Crippen LogP contribution in [-0.2, 0) is 4.79 Å². The van der Waals surface area contributed by atoms with Crippen molar-refractivity contribution < 1.29 is 14.3 Å². The standard InChI is InChI=1S/C20H28N2O3/c1-25-17-7-5-13(6-8-17)18(23)9-10-19(24)22-20-14-3-2-4-15(20)12-16(21)11-14/h5-8,14-16,20H,2-4,9-12,21H2,1H3,(H,22,24). The highest BCUT2D eigenvalue weighted by Gasteiger charge is 2.39. The number of amides is 1. The van der Waals surface area contributed by atoms with E-state index in [-0.39, 0.29) is 36.6 Å². The lowest BCUT2D eigenvalue weighted by Gasteiger charge is -2.45. The summed E-state index contributed by atoms with van der Waals surface area (Å²) in [5, 5.41) is 3.20. The van der Waals surface area contributed by atoms with Gasteiger partial charge in [0.15, 0.2) is 5.78 Å². The number of nitrogens with two attached hydrogens (primary N) is 1. The van der Waals surface area contributed by atoms with Crippen LogP contribution in [0.15, 0.2) is 24.3 Å². The third-order valence-corrected chi connectivity index (χ3v) is 5.70. The van der Waals surface area contributed by atoms with Crippen LogP contribution in [-0.4, -0.2) is 30.9 Å². The first-order chi connectivity index (χ1) is 12.1. The molecule has 136 valence electrons. The van der Waals surface area contributed by atoms with Crippen molar-refractivity contribution in [1.82, 2.24) is 5.32 Å². The third-order valence-electron chi connectivity index (χ3n) is 5.70. The van der Waals surface area contributed by atoms with E-state index in [1.807, 2.05) is 0 Å². The Balaban J connectivity index is 1.50. The van der Waals surface area contributed by atoms with E-state index in [0.717, 1.165) is 31.4 Å². The van der Waals surface area contributed by atoms with Gasteiger partial charge in [-0.2, -0.15) is 0 Å². The molecular formula is C20H28N2O3. The van der Waals surface area contributed by atoms with Crippen molar-refractivity contribution >= 4 is 11.7 Å². The summed E-state index contributed by atoms with van der Waals surface area (Å²) in [5.41, 5.74) is 6.75. The summed E-state index contributed by atoms with van der Waals surface area (Å²) in [5.74, 6) is 1.70. The minimum atomic E-state index is -0.0146. The molecule has 2 unspecified atom stereocenters. The number of benzene rings is 1. The summed E-state index contributed by atoms with van der Waals surface area (Å²) in [4.78, 5) is 24.6. The molecular weight excluding hydrogens is 316 g/mol. The second-order valence-electron chi connectivity index (χ2n) is 7.43. The summed E-state index contributed by atoms with van der Waals surface area (Å²) < 4.78 is 5.09. The van der Waals surface area contributed by atoms with Gasteiger partial charge in [0.25, 0.3) is 0 Å². The fraction of sp³-hybridized carbons (Fsp3) is 0.600. The van der Waals surface area contributed by atoms with Crippen LogP contribution >= 0.6 is 0 Å². The highest BCUT2D eigenvalue weighted by molar-refractivity contribution is 5.98. The van der Waals surface area contributed by atoms with E-state index < -0.39 is 0 Å². The van der Waals surface area contributed by atoms with Crippen LogP contribution in [0.4, 0.5) is 0 Å². The van der Waals surface area contributed by atoms with Gasteiger partial charge < -0.3 is 15.8 Å². The fourth-order valence-corrected chi connectivity index (χ4v) is 4.43. The molecule has 0 saturated heterocycles. The molecule has 2 fully saturated rings. The maximum atomic E-state index is 12.3. The quantitative estimate of drug-likeness (QED) is 0.778. The summed E-state index contributed by atoms with van der Waals surface area (Å²) in [7, 11) is 1.59. The zero-order valence-corrected chi connectivity index (χ0v) is 14.9. The SMILES string of the molecule is COc1ccc(C(=O)CCC(=O)NC2C3CCCC2CC(N)C3)cc1. The zero-order valence-electron chi connectivity index (χ0n) is 14.9. The van der Waals surface area contributed by atoms with Gasteiger partial charge in [-0.15, -0.1) is 0 Å². The Bertz CT molecular complexity index is 600. The highest BCUT2D eigenvalue weighted by atomic mass is 16.5. The molecule has 5 heteroatoms. The van der Waals surface area contributed by atoms with Gasteiger partial charge in [-0.3, -0.25) is 9.59 Å². The van der Waals surface area contributed by atoms with Crippen LogP contribution in [0, 0.1) is 11.8 Å². The van der Waals surface area contributed by atoms with Gasteiger partial charge in [0.05, 0.1) is 7.11 Å². The first-order valence-electron chi connectivity index (χ1n) is 9.29. The fourth-order valence-electron chi connectivity index (χ4n) is 4.43. The smallest absolute Gasteiger partial charge is 0.220 e. The van der Waals surface area contributed by atoms with Crippen molar-refractivity contribution in [3.63, 3.8) is 0 Å². The third kappa shape index (κ3) is 4.40. The monoisotopic (exact) mass is 344 g/mol. The second kappa shape index (κ2) is 8.00. The summed E-state index contributed by atoms with van der Waals surface area (Å²) in [6.45, 7) is 0. The van der Waals surface area contributed by atoms with Crippen molar-refractivity contribution in [1.29, 1.82) is 0 Å². The lowest BCUT2D eigenvalue weighted by molar-refractivity contribution is -0.123. The van der Waals surface area contributed by atoms with Gasteiger partial charge in [0.2, 0.25) is 5.91 Å². The number of hydrogen-bond donors (Lipinski definition) is 2. The van der Waals surface area contributed by atoms with Crippen LogP contribution < -0.4 is 15.8 Å². The lowest BCUT2D eigenvalue weighted by atomic mass is 9.67. The largest absolute Gasteiger partial charge is 0.497 e. The molecule has 3 N–H and O–H groups in total. The predicted octanol–water partition coefficient (Wildman–Crippen LogP) is 2.68. The topological polar surface area (TPSA) is 81.4 Å². The number of carbonyl (C=O) groups is 2. The molecule has 1 aromatic rings. The molecule has 1 amide bonds. The Morgan fingerprint density at radius 2 is 1.76 bits per heavy atom. The minimum absolute atomic E-state index is 0.0105. The first kappa shape index (κ1) is 17.9. The average Bonchev–Trinajstić information content (AvgIpc) is 2.60. The molecule has 5 nitrogen and oxygen atoms in total. The van der Waals surface area contributed by atoms with E-state index in [2.05, 4.69) is 5.32 Å². The molecule has 2 aliphatic rings. The van der Waals surface area contributed by atoms with Crippen LogP contribution in [0.3, 0.4) is 0 Å². The van der Waals surface area contributed by atoms with E-state index in [1.165, 1.54) is 6.42 Å². The van der Waals surface area contributed by atoms with Gasteiger partial charge in [-0.05, 0) is 61.8 Å². The Morgan fingerprint density at radius 3 is 2.36 bits per heavy atom. The maximum absolute atomic E-state index is 12.3. The molecule has 0 aliphatic heterocycles. The molecule has 0 heterocycles. The van der Waals surface area contributed by atoms with E-state index in [4.69, 9.17) is 10.5 Å². The van der Waals surface area contributed by atoms with E-state index in [0.29, 0.717) is 17.4 Å². The van der Waals surface area contributed by atoms with Gasteiger partial charge in [-0.1, -0.05) is 6.42 Å². The summed E-state index contributed by atoms with van der Waals surface area (Å²) in [6, 6.07) is 7.54. The van der Waals surface area contributed by atoms with Crippen LogP contribution in [0.5, 0.6) is 5.75 Å². The normalized spacial score (nSPS) is 28.2. The van der Waals surface area contributed by atoms with Gasteiger partial charge >= 0.3 is 0 Å². The maximum Gasteiger partial charge on any atom is 0.220 e. The Morgan fingerprint density at radius 1 is 1.12 bits per heavy atom. The molecule has 25 heavy (non-hydrogen) atoms. The number of rotatable bonds is 6. The molecule has 2 aliphatic carbocycles. The predicted molar refractivity (Wildman–Crippen MR) is 96.5 cm³/mol. The molecule has 2 atom stereocenters. The van der Waals surface area contributed by atoms with Crippen LogP contribution in [0.25, 0.3) is 0 Å². The van der Waals surface area contributed by atoms with Crippen LogP contribution in [0.2, 0.25) is 0 Å². The molecule has 1 aromatic carbocycles. The molecule has 2 bridgehead atoms. The van der Waals surface area contributed by atoms with Crippen molar-refractivity contribution in [2.24, 2.45) is 17.6 Å². The first-order valence-corrected chi connectivity index (χ1v) is 9.29.